The zero-order valence-electron chi connectivity index (χ0n) is 14.1. The molecule has 2 heterocycles. The predicted molar refractivity (Wildman–Crippen MR) is 94.2 cm³/mol. The highest BCUT2D eigenvalue weighted by atomic mass is 32.1. The first-order valence-electron chi connectivity index (χ1n) is 7.93. The second kappa shape index (κ2) is 6.00. The summed E-state index contributed by atoms with van der Waals surface area (Å²) in [6, 6.07) is 8.40. The SMILES string of the molecule is C[C@H]1CN(C(=O)OC(C)(C)C)CCN1c1nc2ccccc2s1. The minimum absolute atomic E-state index is 0.219. The number of thiazole rings is 1. The second-order valence-electron chi connectivity index (χ2n) is 6.93. The number of piperazine rings is 1. The van der Waals surface area contributed by atoms with Gasteiger partial charge in [-0.05, 0) is 39.8 Å². The Kier molecular flexibility index (Phi) is 4.19. The third-order valence-corrected chi connectivity index (χ3v) is 4.88. The van der Waals surface area contributed by atoms with Crippen molar-refractivity contribution in [2.24, 2.45) is 0 Å². The molecule has 1 aromatic carbocycles. The van der Waals surface area contributed by atoms with Crippen molar-refractivity contribution in [1.29, 1.82) is 0 Å². The monoisotopic (exact) mass is 333 g/mol. The molecular formula is C17H23N3O2S. The van der Waals surface area contributed by atoms with Crippen LogP contribution in [0.15, 0.2) is 24.3 Å². The first-order chi connectivity index (χ1) is 10.8. The van der Waals surface area contributed by atoms with E-state index in [1.54, 1.807) is 16.2 Å². The molecule has 1 aliphatic heterocycles. The van der Waals surface area contributed by atoms with Crippen molar-refractivity contribution >= 4 is 32.8 Å². The van der Waals surface area contributed by atoms with E-state index in [1.165, 1.54) is 4.70 Å². The van der Waals surface area contributed by atoms with Crippen LogP contribution in [0.25, 0.3) is 10.2 Å². The van der Waals surface area contributed by atoms with E-state index in [1.807, 2.05) is 39.0 Å². The van der Waals surface area contributed by atoms with E-state index in [0.717, 1.165) is 17.2 Å². The van der Waals surface area contributed by atoms with Gasteiger partial charge in [-0.1, -0.05) is 23.5 Å². The van der Waals surface area contributed by atoms with Gasteiger partial charge < -0.3 is 14.5 Å². The average Bonchev–Trinajstić information content (AvgIpc) is 2.88. The van der Waals surface area contributed by atoms with Crippen LogP contribution in [0, 0.1) is 0 Å². The summed E-state index contributed by atoms with van der Waals surface area (Å²) in [7, 11) is 0. The maximum absolute atomic E-state index is 12.2. The Bertz CT molecular complexity index is 674. The van der Waals surface area contributed by atoms with Crippen LogP contribution in [0.5, 0.6) is 0 Å². The Hall–Kier alpha value is -1.82. The first-order valence-corrected chi connectivity index (χ1v) is 8.75. The lowest BCUT2D eigenvalue weighted by atomic mass is 10.2. The number of aromatic nitrogens is 1. The highest BCUT2D eigenvalue weighted by Gasteiger charge is 2.31. The van der Waals surface area contributed by atoms with E-state index in [9.17, 15) is 4.79 Å². The van der Waals surface area contributed by atoms with E-state index in [-0.39, 0.29) is 12.1 Å². The quantitative estimate of drug-likeness (QED) is 0.797. The number of carbonyl (C=O) groups excluding carboxylic acids is 1. The van der Waals surface area contributed by atoms with Gasteiger partial charge in [0.15, 0.2) is 5.13 Å². The molecule has 1 amide bonds. The van der Waals surface area contributed by atoms with Crippen molar-refractivity contribution in [3.63, 3.8) is 0 Å². The highest BCUT2D eigenvalue weighted by Crippen LogP contribution is 2.31. The number of amides is 1. The van der Waals surface area contributed by atoms with Crippen molar-refractivity contribution < 1.29 is 9.53 Å². The number of anilines is 1. The van der Waals surface area contributed by atoms with Gasteiger partial charge in [0.05, 0.1) is 10.2 Å². The second-order valence-corrected chi connectivity index (χ2v) is 7.94. The Morgan fingerprint density at radius 1 is 1.30 bits per heavy atom. The van der Waals surface area contributed by atoms with Crippen LogP contribution in [0.1, 0.15) is 27.7 Å². The van der Waals surface area contributed by atoms with Gasteiger partial charge in [-0.3, -0.25) is 0 Å². The molecule has 3 rings (SSSR count). The fourth-order valence-electron chi connectivity index (χ4n) is 2.72. The molecule has 2 aromatic rings. The number of rotatable bonds is 1. The molecule has 23 heavy (non-hydrogen) atoms. The molecule has 0 bridgehead atoms. The van der Waals surface area contributed by atoms with Gasteiger partial charge in [0.25, 0.3) is 0 Å². The molecule has 5 nitrogen and oxygen atoms in total. The molecule has 0 unspecified atom stereocenters. The molecule has 0 saturated carbocycles. The third kappa shape index (κ3) is 3.58. The lowest BCUT2D eigenvalue weighted by molar-refractivity contribution is 0.0219. The molecule has 6 heteroatoms. The fourth-order valence-corrected chi connectivity index (χ4v) is 3.81. The topological polar surface area (TPSA) is 45.7 Å². The fraction of sp³-hybridized carbons (Fsp3) is 0.529. The number of hydrogen-bond acceptors (Lipinski definition) is 5. The smallest absolute Gasteiger partial charge is 0.410 e. The first kappa shape index (κ1) is 16.1. The minimum atomic E-state index is -0.454. The summed E-state index contributed by atoms with van der Waals surface area (Å²) in [4.78, 5) is 21.0. The van der Waals surface area contributed by atoms with E-state index >= 15 is 0 Å². The maximum atomic E-state index is 12.2. The maximum Gasteiger partial charge on any atom is 0.410 e. The number of fused-ring (bicyclic) bond motifs is 1. The van der Waals surface area contributed by atoms with E-state index < -0.39 is 5.60 Å². The third-order valence-electron chi connectivity index (χ3n) is 3.81. The number of carbonyl (C=O) groups is 1. The largest absolute Gasteiger partial charge is 0.444 e. The summed E-state index contributed by atoms with van der Waals surface area (Å²) in [5.41, 5.74) is 0.582. The van der Waals surface area contributed by atoms with Crippen LogP contribution in [0.3, 0.4) is 0 Å². The number of ether oxygens (including phenoxy) is 1. The molecule has 1 aromatic heterocycles. The Morgan fingerprint density at radius 2 is 2.04 bits per heavy atom. The predicted octanol–water partition coefficient (Wildman–Crippen LogP) is 3.74. The molecule has 1 aliphatic rings. The Labute approximate surface area is 140 Å². The number of nitrogens with zero attached hydrogens (tertiary/aromatic N) is 3. The standard InChI is InChI=1S/C17H23N3O2S/c1-12-11-19(16(21)22-17(2,3)4)9-10-20(12)15-18-13-7-5-6-8-14(13)23-15/h5-8,12H,9-11H2,1-4H3/t12-/m0/s1. The molecule has 0 N–H and O–H groups in total. The van der Waals surface area contributed by atoms with Crippen LogP contribution in [0.2, 0.25) is 0 Å². The van der Waals surface area contributed by atoms with Crippen molar-refractivity contribution in [2.75, 3.05) is 24.5 Å². The van der Waals surface area contributed by atoms with Gasteiger partial charge in [-0.15, -0.1) is 0 Å². The number of benzene rings is 1. The summed E-state index contributed by atoms with van der Waals surface area (Å²) < 4.78 is 6.67. The molecule has 0 spiro atoms. The molecular weight excluding hydrogens is 310 g/mol. The summed E-state index contributed by atoms with van der Waals surface area (Å²) in [6.07, 6.45) is -0.228. The van der Waals surface area contributed by atoms with E-state index in [0.29, 0.717) is 13.1 Å². The zero-order valence-corrected chi connectivity index (χ0v) is 14.9. The summed E-state index contributed by atoms with van der Waals surface area (Å²) in [5.74, 6) is 0. The van der Waals surface area contributed by atoms with Gasteiger partial charge in [0.2, 0.25) is 0 Å². The highest BCUT2D eigenvalue weighted by molar-refractivity contribution is 7.22. The minimum Gasteiger partial charge on any atom is -0.444 e. The van der Waals surface area contributed by atoms with E-state index in [2.05, 4.69) is 17.9 Å². The lowest BCUT2D eigenvalue weighted by Crippen LogP contribution is -2.54. The van der Waals surface area contributed by atoms with Crippen molar-refractivity contribution in [2.45, 2.75) is 39.3 Å². The van der Waals surface area contributed by atoms with Crippen LogP contribution in [-0.4, -0.2) is 47.3 Å². The zero-order chi connectivity index (χ0) is 16.6. The van der Waals surface area contributed by atoms with Crippen LogP contribution < -0.4 is 4.90 Å². The summed E-state index contributed by atoms with van der Waals surface area (Å²) >= 11 is 1.71. The van der Waals surface area contributed by atoms with Gasteiger partial charge in [0.1, 0.15) is 5.60 Å². The number of hydrogen-bond donors (Lipinski definition) is 0. The van der Waals surface area contributed by atoms with Crippen LogP contribution in [0.4, 0.5) is 9.93 Å². The normalized spacial score (nSPS) is 19.2. The van der Waals surface area contributed by atoms with Gasteiger partial charge in [-0.2, -0.15) is 0 Å². The van der Waals surface area contributed by atoms with Gasteiger partial charge in [0, 0.05) is 25.7 Å². The lowest BCUT2D eigenvalue weighted by Gasteiger charge is -2.40. The molecule has 1 saturated heterocycles. The van der Waals surface area contributed by atoms with Crippen molar-refractivity contribution in [3.05, 3.63) is 24.3 Å². The van der Waals surface area contributed by atoms with Crippen molar-refractivity contribution in [3.8, 4) is 0 Å². The Balaban J connectivity index is 1.70. The molecule has 1 fully saturated rings. The number of para-hydroxylation sites is 1. The van der Waals surface area contributed by atoms with Crippen molar-refractivity contribution in [1.82, 2.24) is 9.88 Å². The molecule has 124 valence electrons. The average molecular weight is 333 g/mol. The van der Waals surface area contributed by atoms with Gasteiger partial charge in [-0.25, -0.2) is 9.78 Å². The summed E-state index contributed by atoms with van der Waals surface area (Å²) in [5, 5.41) is 1.03. The van der Waals surface area contributed by atoms with Crippen LogP contribution in [-0.2, 0) is 4.74 Å². The molecule has 1 atom stereocenters. The Morgan fingerprint density at radius 3 is 2.70 bits per heavy atom. The molecule has 0 radical (unpaired) electrons. The van der Waals surface area contributed by atoms with E-state index in [4.69, 9.17) is 9.72 Å². The van der Waals surface area contributed by atoms with Crippen LogP contribution >= 0.6 is 11.3 Å². The van der Waals surface area contributed by atoms with Gasteiger partial charge >= 0.3 is 6.09 Å². The molecule has 0 aliphatic carbocycles. The summed E-state index contributed by atoms with van der Waals surface area (Å²) in [6.45, 7) is 9.91.